The molecule has 0 bridgehead atoms. The molecule has 1 aliphatic rings. The smallest absolute Gasteiger partial charge is 0.223 e. The number of hydrogen-bond acceptors (Lipinski definition) is 3. The standard InChI is InChI=1S/C17H30N4O/c1-6-15-11-20(9-10-21(15)12(2)3)17(22)8-7-16-13(4)18-19-14(16)5/h12,15H,6-11H2,1-5H3,(H,18,19)/t15-/m0/s1. The highest BCUT2D eigenvalue weighted by Crippen LogP contribution is 2.18. The number of nitrogens with zero attached hydrogens (tertiary/aromatic N) is 3. The maximum Gasteiger partial charge on any atom is 0.223 e. The second-order valence-corrected chi connectivity index (χ2v) is 6.65. The number of carbonyl (C=O) groups excluding carboxylic acids is 1. The van der Waals surface area contributed by atoms with Crippen LogP contribution < -0.4 is 0 Å². The third kappa shape index (κ3) is 3.69. The topological polar surface area (TPSA) is 52.2 Å². The molecule has 1 amide bonds. The first-order valence-electron chi connectivity index (χ1n) is 8.48. The molecule has 22 heavy (non-hydrogen) atoms. The Bertz CT molecular complexity index is 489. The van der Waals surface area contributed by atoms with Crippen LogP contribution in [-0.4, -0.2) is 57.6 Å². The molecule has 5 heteroatoms. The van der Waals surface area contributed by atoms with Crippen molar-refractivity contribution in [1.82, 2.24) is 20.0 Å². The van der Waals surface area contributed by atoms with Crippen LogP contribution >= 0.6 is 0 Å². The van der Waals surface area contributed by atoms with Crippen molar-refractivity contribution in [3.63, 3.8) is 0 Å². The molecular weight excluding hydrogens is 276 g/mol. The van der Waals surface area contributed by atoms with Gasteiger partial charge in [0.2, 0.25) is 5.91 Å². The van der Waals surface area contributed by atoms with E-state index in [4.69, 9.17) is 0 Å². The van der Waals surface area contributed by atoms with E-state index in [2.05, 4.69) is 40.8 Å². The number of H-pyrrole nitrogens is 1. The van der Waals surface area contributed by atoms with Crippen LogP contribution in [0.2, 0.25) is 0 Å². The third-order valence-corrected chi connectivity index (χ3v) is 4.89. The number of rotatable bonds is 5. The molecule has 2 rings (SSSR count). The fourth-order valence-electron chi connectivity index (χ4n) is 3.47. The van der Waals surface area contributed by atoms with Gasteiger partial charge in [0, 0.05) is 43.8 Å². The zero-order valence-corrected chi connectivity index (χ0v) is 14.6. The summed E-state index contributed by atoms with van der Waals surface area (Å²) in [6.07, 6.45) is 2.47. The maximum absolute atomic E-state index is 12.5. The Hall–Kier alpha value is -1.36. The number of hydrogen-bond donors (Lipinski definition) is 1. The summed E-state index contributed by atoms with van der Waals surface area (Å²) in [5, 5.41) is 7.20. The van der Waals surface area contributed by atoms with Crippen molar-refractivity contribution in [2.24, 2.45) is 0 Å². The lowest BCUT2D eigenvalue weighted by molar-refractivity contribution is -0.134. The summed E-state index contributed by atoms with van der Waals surface area (Å²) in [5.41, 5.74) is 3.30. The van der Waals surface area contributed by atoms with Gasteiger partial charge in [0.1, 0.15) is 0 Å². The highest BCUT2D eigenvalue weighted by molar-refractivity contribution is 5.76. The number of aryl methyl sites for hydroxylation is 2. The van der Waals surface area contributed by atoms with Crippen molar-refractivity contribution in [3.8, 4) is 0 Å². The van der Waals surface area contributed by atoms with E-state index in [-0.39, 0.29) is 5.91 Å². The van der Waals surface area contributed by atoms with Crippen LogP contribution in [0.1, 0.15) is 50.6 Å². The van der Waals surface area contributed by atoms with E-state index >= 15 is 0 Å². The van der Waals surface area contributed by atoms with Crippen molar-refractivity contribution in [3.05, 3.63) is 17.0 Å². The van der Waals surface area contributed by atoms with Crippen molar-refractivity contribution in [2.75, 3.05) is 19.6 Å². The van der Waals surface area contributed by atoms with E-state index in [1.54, 1.807) is 0 Å². The summed E-state index contributed by atoms with van der Waals surface area (Å²) in [6.45, 7) is 13.4. The molecule has 5 nitrogen and oxygen atoms in total. The highest BCUT2D eigenvalue weighted by atomic mass is 16.2. The van der Waals surface area contributed by atoms with Gasteiger partial charge >= 0.3 is 0 Å². The van der Waals surface area contributed by atoms with E-state index < -0.39 is 0 Å². The van der Waals surface area contributed by atoms with E-state index in [0.717, 1.165) is 43.9 Å². The maximum atomic E-state index is 12.5. The molecule has 0 unspecified atom stereocenters. The molecule has 1 aromatic heterocycles. The lowest BCUT2D eigenvalue weighted by Gasteiger charge is -2.43. The van der Waals surface area contributed by atoms with Crippen LogP contribution in [0.15, 0.2) is 0 Å². The number of aromatic amines is 1. The van der Waals surface area contributed by atoms with Crippen molar-refractivity contribution < 1.29 is 4.79 Å². The van der Waals surface area contributed by atoms with Crippen LogP contribution in [0.3, 0.4) is 0 Å². The summed E-state index contributed by atoms with van der Waals surface area (Å²) in [6, 6.07) is 1.05. The molecule has 0 saturated carbocycles. The number of nitrogens with one attached hydrogen (secondary N) is 1. The van der Waals surface area contributed by atoms with E-state index in [1.807, 2.05) is 13.8 Å². The van der Waals surface area contributed by atoms with Gasteiger partial charge in [-0.2, -0.15) is 5.10 Å². The molecule has 1 N–H and O–H groups in total. The monoisotopic (exact) mass is 306 g/mol. The lowest BCUT2D eigenvalue weighted by atomic mass is 10.0. The SMILES string of the molecule is CC[C@H]1CN(C(=O)CCc2c(C)n[nH]c2C)CCN1C(C)C. The normalized spacial score (nSPS) is 19.9. The lowest BCUT2D eigenvalue weighted by Crippen LogP contribution is -2.56. The van der Waals surface area contributed by atoms with Gasteiger partial charge in [-0.15, -0.1) is 0 Å². The van der Waals surface area contributed by atoms with Crippen LogP contribution in [0.4, 0.5) is 0 Å². The summed E-state index contributed by atoms with van der Waals surface area (Å²) in [7, 11) is 0. The Morgan fingerprint density at radius 3 is 2.64 bits per heavy atom. The average molecular weight is 306 g/mol. The van der Waals surface area contributed by atoms with Gasteiger partial charge in [0.05, 0.1) is 5.69 Å². The summed E-state index contributed by atoms with van der Waals surface area (Å²) < 4.78 is 0. The summed E-state index contributed by atoms with van der Waals surface area (Å²) in [5.74, 6) is 0.279. The minimum Gasteiger partial charge on any atom is -0.340 e. The van der Waals surface area contributed by atoms with Crippen LogP contribution in [0.25, 0.3) is 0 Å². The number of amides is 1. The molecule has 1 aliphatic heterocycles. The number of aromatic nitrogens is 2. The average Bonchev–Trinajstić information content (AvgIpc) is 2.82. The zero-order chi connectivity index (χ0) is 16.3. The first-order chi connectivity index (χ1) is 10.4. The summed E-state index contributed by atoms with van der Waals surface area (Å²) in [4.78, 5) is 17.1. The molecule has 1 atom stereocenters. The van der Waals surface area contributed by atoms with Crippen molar-refractivity contribution in [1.29, 1.82) is 0 Å². The Morgan fingerprint density at radius 1 is 1.36 bits per heavy atom. The van der Waals surface area contributed by atoms with E-state index in [1.165, 1.54) is 5.56 Å². The Labute approximate surface area is 134 Å². The molecule has 0 spiro atoms. The Kier molecular flexibility index (Phi) is 5.62. The van der Waals surface area contributed by atoms with E-state index in [9.17, 15) is 4.79 Å². The van der Waals surface area contributed by atoms with Crippen molar-refractivity contribution in [2.45, 2.75) is 66.0 Å². The predicted octanol–water partition coefficient (Wildman–Crippen LogP) is 2.29. The largest absolute Gasteiger partial charge is 0.340 e. The first kappa shape index (κ1) is 17.0. The molecular formula is C17H30N4O. The molecule has 1 fully saturated rings. The van der Waals surface area contributed by atoms with Gasteiger partial charge in [-0.25, -0.2) is 0 Å². The first-order valence-corrected chi connectivity index (χ1v) is 8.48. The highest BCUT2D eigenvalue weighted by Gasteiger charge is 2.29. The molecule has 1 saturated heterocycles. The quantitative estimate of drug-likeness (QED) is 0.908. The van der Waals surface area contributed by atoms with Crippen LogP contribution in [-0.2, 0) is 11.2 Å². The second kappa shape index (κ2) is 7.27. The molecule has 2 heterocycles. The van der Waals surface area contributed by atoms with Gasteiger partial charge in [0.15, 0.2) is 0 Å². The number of carbonyl (C=O) groups is 1. The summed E-state index contributed by atoms with van der Waals surface area (Å²) >= 11 is 0. The second-order valence-electron chi connectivity index (χ2n) is 6.65. The molecule has 1 aromatic rings. The third-order valence-electron chi connectivity index (χ3n) is 4.89. The molecule has 0 radical (unpaired) electrons. The van der Waals surface area contributed by atoms with Gasteiger partial charge in [0.25, 0.3) is 0 Å². The van der Waals surface area contributed by atoms with Gasteiger partial charge < -0.3 is 4.90 Å². The molecule has 124 valence electrons. The minimum atomic E-state index is 0.279. The van der Waals surface area contributed by atoms with Crippen LogP contribution in [0, 0.1) is 13.8 Å². The van der Waals surface area contributed by atoms with Gasteiger partial charge in [-0.1, -0.05) is 6.92 Å². The zero-order valence-electron chi connectivity index (χ0n) is 14.6. The Morgan fingerprint density at radius 2 is 2.09 bits per heavy atom. The van der Waals surface area contributed by atoms with E-state index in [0.29, 0.717) is 18.5 Å². The number of piperazine rings is 1. The fourth-order valence-corrected chi connectivity index (χ4v) is 3.47. The Balaban J connectivity index is 1.91. The fraction of sp³-hybridized carbons (Fsp3) is 0.765. The predicted molar refractivity (Wildman–Crippen MR) is 88.9 cm³/mol. The molecule has 0 aliphatic carbocycles. The minimum absolute atomic E-state index is 0.279. The van der Waals surface area contributed by atoms with Gasteiger partial charge in [-0.05, 0) is 46.1 Å². The van der Waals surface area contributed by atoms with Crippen molar-refractivity contribution >= 4 is 5.91 Å². The van der Waals surface area contributed by atoms with Gasteiger partial charge in [-0.3, -0.25) is 14.8 Å². The van der Waals surface area contributed by atoms with Crippen LogP contribution in [0.5, 0.6) is 0 Å². The molecule has 0 aromatic carbocycles.